The Morgan fingerprint density at radius 1 is 1.38 bits per heavy atom. The first-order valence-electron chi connectivity index (χ1n) is 9.72. The van der Waals surface area contributed by atoms with E-state index in [0.29, 0.717) is 23.4 Å². The molecule has 2 aromatic heterocycles. The number of nitriles is 1. The number of aromatic nitrogens is 3. The molecule has 0 bridgehead atoms. The number of hydrogen-bond acceptors (Lipinski definition) is 7. The molecule has 1 unspecified atom stereocenters. The van der Waals surface area contributed by atoms with Gasteiger partial charge in [0.2, 0.25) is 5.91 Å². The Bertz CT molecular complexity index is 847. The minimum atomic E-state index is -0.0709. The summed E-state index contributed by atoms with van der Waals surface area (Å²) >= 11 is 7.61. The number of amides is 1. The molecular formula is C18H24ClN7O2S. The predicted molar refractivity (Wildman–Crippen MR) is 111 cm³/mol. The largest absolute Gasteiger partial charge is 0.310 e. The van der Waals surface area contributed by atoms with Crippen LogP contribution in [0.2, 0.25) is 5.02 Å². The van der Waals surface area contributed by atoms with E-state index < -0.39 is 0 Å². The topological polar surface area (TPSA) is 95.3 Å². The monoisotopic (exact) mass is 437 g/mol. The Labute approximate surface area is 178 Å². The molecule has 2 aliphatic rings. The van der Waals surface area contributed by atoms with Gasteiger partial charge >= 0.3 is 0 Å². The second-order valence-corrected chi connectivity index (χ2v) is 8.77. The molecule has 1 N–H and O–H groups in total. The maximum absolute atomic E-state index is 12.2. The molecule has 0 spiro atoms. The first kappa shape index (κ1) is 20.3. The van der Waals surface area contributed by atoms with E-state index in [2.05, 4.69) is 26.2 Å². The van der Waals surface area contributed by atoms with Crippen molar-refractivity contribution in [2.24, 2.45) is 0 Å². The summed E-state index contributed by atoms with van der Waals surface area (Å²) in [6, 6.07) is 6.11. The van der Waals surface area contributed by atoms with Gasteiger partial charge in [-0.3, -0.25) is 19.2 Å². The van der Waals surface area contributed by atoms with Gasteiger partial charge < -0.3 is 5.32 Å². The number of carbonyl (C=O) groups excluding carboxylic acids is 1. The van der Waals surface area contributed by atoms with Crippen LogP contribution < -0.4 is 5.32 Å². The Kier molecular flexibility index (Phi) is 6.50. The number of likely N-dealkylation sites (tertiary alicyclic amines) is 1. The molecular weight excluding hydrogens is 414 g/mol. The van der Waals surface area contributed by atoms with Gasteiger partial charge in [-0.1, -0.05) is 21.3 Å². The van der Waals surface area contributed by atoms with Gasteiger partial charge in [-0.2, -0.15) is 5.26 Å². The van der Waals surface area contributed by atoms with E-state index in [1.807, 2.05) is 9.71 Å². The van der Waals surface area contributed by atoms with Crippen molar-refractivity contribution in [3.8, 4) is 6.07 Å². The van der Waals surface area contributed by atoms with Gasteiger partial charge in [0.1, 0.15) is 11.9 Å². The maximum atomic E-state index is 12.2. The van der Waals surface area contributed by atoms with Crippen LogP contribution in [0.5, 0.6) is 0 Å². The van der Waals surface area contributed by atoms with E-state index in [9.17, 15) is 4.79 Å². The maximum Gasteiger partial charge on any atom is 0.239 e. The second kappa shape index (κ2) is 9.26. The van der Waals surface area contributed by atoms with E-state index in [0.717, 1.165) is 50.7 Å². The van der Waals surface area contributed by atoms with Crippen LogP contribution in [-0.2, 0) is 11.3 Å². The number of anilines is 1. The van der Waals surface area contributed by atoms with E-state index in [4.69, 9.17) is 21.5 Å². The van der Waals surface area contributed by atoms with Crippen LogP contribution >= 0.6 is 23.4 Å². The third kappa shape index (κ3) is 5.36. The van der Waals surface area contributed by atoms with E-state index in [1.165, 1.54) is 6.20 Å². The normalized spacial score (nSPS) is 21.4. The Balaban J connectivity index is 1.16. The molecule has 9 nitrogen and oxygen atoms in total. The van der Waals surface area contributed by atoms with Gasteiger partial charge in [0.25, 0.3) is 0 Å². The van der Waals surface area contributed by atoms with Crippen molar-refractivity contribution in [2.75, 3.05) is 43.1 Å². The van der Waals surface area contributed by atoms with Crippen LogP contribution in [0.1, 0.15) is 18.9 Å². The number of piperidine rings is 1. The molecule has 2 saturated heterocycles. The summed E-state index contributed by atoms with van der Waals surface area (Å²) < 4.78 is 5.62. The third-order valence-corrected chi connectivity index (χ3v) is 6.59. The number of nitrogens with one attached hydrogen (secondary N) is 1. The van der Waals surface area contributed by atoms with Crippen molar-refractivity contribution >= 4 is 35.1 Å². The molecule has 4 heterocycles. The number of thioether (sulfide) groups is 1. The van der Waals surface area contributed by atoms with Crippen LogP contribution in [0.15, 0.2) is 23.0 Å². The van der Waals surface area contributed by atoms with Gasteiger partial charge in [-0.15, -0.1) is 11.8 Å². The summed E-state index contributed by atoms with van der Waals surface area (Å²) in [6.07, 6.45) is 3.41. The lowest BCUT2D eigenvalue weighted by atomic mass is 10.1. The molecule has 0 aromatic carbocycles. The molecule has 2 fully saturated rings. The lowest BCUT2D eigenvalue weighted by molar-refractivity contribution is -0.117. The first-order valence-corrected chi connectivity index (χ1v) is 11.3. The molecule has 29 heavy (non-hydrogen) atoms. The number of pyridine rings is 1. The lowest BCUT2D eigenvalue weighted by Gasteiger charge is -2.29. The average Bonchev–Trinajstić information content (AvgIpc) is 3.36. The Hall–Kier alpha value is -1.93. The summed E-state index contributed by atoms with van der Waals surface area (Å²) in [5, 5.41) is 12.5. The van der Waals surface area contributed by atoms with Crippen LogP contribution in [0.3, 0.4) is 0 Å². The highest BCUT2D eigenvalue weighted by atomic mass is 35.5. The Morgan fingerprint density at radius 3 is 2.93 bits per heavy atom. The number of nitrogens with zero attached hydrogens (tertiary/aromatic N) is 6. The summed E-state index contributed by atoms with van der Waals surface area (Å²) in [4.78, 5) is 24.5. The first-order chi connectivity index (χ1) is 14.1. The van der Waals surface area contributed by atoms with Crippen molar-refractivity contribution < 1.29 is 9.42 Å². The highest BCUT2D eigenvalue weighted by molar-refractivity contribution is 7.99. The van der Waals surface area contributed by atoms with Crippen molar-refractivity contribution in [2.45, 2.75) is 31.5 Å². The van der Waals surface area contributed by atoms with Crippen molar-refractivity contribution in [3.63, 3.8) is 0 Å². The molecule has 0 saturated carbocycles. The summed E-state index contributed by atoms with van der Waals surface area (Å²) in [6.45, 7) is 3.65. The molecule has 2 aliphatic heterocycles. The SMILES string of the molecule is N#CC1CSCN1CCn1on1C1CCN(CC(=O)Nc2ccc(Cl)cn2)CC1. The fraction of sp³-hybridized carbons (Fsp3) is 0.611. The lowest BCUT2D eigenvalue weighted by Crippen LogP contribution is -2.39. The van der Waals surface area contributed by atoms with E-state index >= 15 is 0 Å². The standard InChI is InChI=1S/C18H24ClN7O2S/c19-14-1-2-17(21-10-14)22-18(27)11-23-5-3-15(4-6-23)26-25(28-26)8-7-24-13-29-12-16(24)9-20/h1-2,10,15-16H,3-8,11-13H2,(H,21,22,27). The zero-order valence-electron chi connectivity index (χ0n) is 16.0. The van der Waals surface area contributed by atoms with Gasteiger partial charge in [0.05, 0.1) is 30.2 Å². The summed E-state index contributed by atoms with van der Waals surface area (Å²) in [5.74, 6) is 2.25. The highest BCUT2D eigenvalue weighted by Crippen LogP contribution is 2.26. The molecule has 156 valence electrons. The van der Waals surface area contributed by atoms with Crippen molar-refractivity contribution in [1.82, 2.24) is 24.5 Å². The molecule has 0 radical (unpaired) electrons. The number of hydrogen-bond donors (Lipinski definition) is 1. The molecule has 1 atom stereocenters. The molecule has 11 heteroatoms. The fourth-order valence-corrected chi connectivity index (χ4v) is 4.90. The molecule has 1 amide bonds. The van der Waals surface area contributed by atoms with Crippen molar-refractivity contribution in [1.29, 1.82) is 5.26 Å². The van der Waals surface area contributed by atoms with Gasteiger partial charge in [0.15, 0.2) is 0 Å². The number of carbonyl (C=O) groups is 1. The van der Waals surface area contributed by atoms with E-state index in [-0.39, 0.29) is 11.9 Å². The van der Waals surface area contributed by atoms with Crippen molar-refractivity contribution in [3.05, 3.63) is 23.4 Å². The van der Waals surface area contributed by atoms with Crippen LogP contribution in [-0.4, -0.2) is 74.3 Å². The van der Waals surface area contributed by atoms with Crippen LogP contribution in [0.25, 0.3) is 0 Å². The molecule has 2 aromatic rings. The quantitative estimate of drug-likeness (QED) is 0.708. The number of rotatable bonds is 7. The summed E-state index contributed by atoms with van der Waals surface area (Å²) in [5.41, 5.74) is 0. The van der Waals surface area contributed by atoms with Crippen LogP contribution in [0.4, 0.5) is 5.82 Å². The summed E-state index contributed by atoms with van der Waals surface area (Å²) in [7, 11) is 0. The molecule has 0 aliphatic carbocycles. The van der Waals surface area contributed by atoms with Gasteiger partial charge in [-0.05, 0) is 25.0 Å². The third-order valence-electron chi connectivity index (χ3n) is 5.31. The smallest absolute Gasteiger partial charge is 0.239 e. The number of halogens is 1. The fourth-order valence-electron chi connectivity index (χ4n) is 3.63. The molecule has 4 rings (SSSR count). The zero-order valence-corrected chi connectivity index (χ0v) is 17.6. The van der Waals surface area contributed by atoms with Gasteiger partial charge in [0, 0.05) is 37.5 Å². The second-order valence-electron chi connectivity index (χ2n) is 7.33. The van der Waals surface area contributed by atoms with Gasteiger partial charge in [-0.25, -0.2) is 4.98 Å². The highest BCUT2D eigenvalue weighted by Gasteiger charge is 2.30. The zero-order chi connectivity index (χ0) is 20.2. The Morgan fingerprint density at radius 2 is 2.21 bits per heavy atom. The average molecular weight is 438 g/mol. The minimum absolute atomic E-state index is 0.0193. The van der Waals surface area contributed by atoms with E-state index in [1.54, 1.807) is 23.9 Å². The van der Waals surface area contributed by atoms with Crippen LogP contribution in [0, 0.1) is 11.3 Å². The minimum Gasteiger partial charge on any atom is -0.310 e. The predicted octanol–water partition coefficient (Wildman–Crippen LogP) is 2.11.